The molecule has 5 heteroatoms. The number of carbonyl (C=O) groups excluding carboxylic acids is 1. The van der Waals surface area contributed by atoms with E-state index in [9.17, 15) is 4.79 Å². The van der Waals surface area contributed by atoms with Crippen molar-refractivity contribution in [3.63, 3.8) is 0 Å². The lowest BCUT2D eigenvalue weighted by molar-refractivity contribution is -0.132. The van der Waals surface area contributed by atoms with Gasteiger partial charge in [0, 0.05) is 29.5 Å². The molecule has 0 unspecified atom stereocenters. The van der Waals surface area contributed by atoms with Gasteiger partial charge in [-0.05, 0) is 37.6 Å². The fourth-order valence-electron chi connectivity index (χ4n) is 2.62. The Hall–Kier alpha value is -2.07. The second kappa shape index (κ2) is 7.97. The van der Waals surface area contributed by atoms with E-state index >= 15 is 0 Å². The molecule has 0 aliphatic carbocycles. The maximum Gasteiger partial charge on any atom is 0.227 e. The van der Waals surface area contributed by atoms with Crippen molar-refractivity contribution in [2.45, 2.75) is 26.3 Å². The summed E-state index contributed by atoms with van der Waals surface area (Å²) in [6.07, 6.45) is 3.72. The van der Waals surface area contributed by atoms with Gasteiger partial charge in [-0.25, -0.2) is 0 Å². The molecule has 1 aromatic heterocycles. The molecule has 0 bridgehead atoms. The van der Waals surface area contributed by atoms with Crippen molar-refractivity contribution in [1.82, 2.24) is 9.88 Å². The highest BCUT2D eigenvalue weighted by Crippen LogP contribution is 2.28. The number of benzene rings is 1. The molecule has 1 amide bonds. The maximum atomic E-state index is 12.8. The zero-order valence-electron chi connectivity index (χ0n) is 13.6. The van der Waals surface area contributed by atoms with Crippen LogP contribution >= 0.6 is 11.6 Å². The molecule has 0 aliphatic rings. The molecule has 0 spiro atoms. The number of likely N-dealkylation sites (N-methyl/N-ethyl adjacent to an activating group) is 1. The lowest BCUT2D eigenvalue weighted by Crippen LogP contribution is -2.34. The van der Waals surface area contributed by atoms with Gasteiger partial charge in [0.15, 0.2) is 0 Å². The lowest BCUT2D eigenvalue weighted by Gasteiger charge is -2.28. The number of ether oxygens (including phenoxy) is 1. The van der Waals surface area contributed by atoms with E-state index in [1.54, 1.807) is 25.6 Å². The summed E-state index contributed by atoms with van der Waals surface area (Å²) in [4.78, 5) is 18.7. The Balaban J connectivity index is 2.21. The maximum absolute atomic E-state index is 12.8. The largest absolute Gasteiger partial charge is 0.496 e. The SMILES string of the molecule is CCN(C(=O)Cc1c(Cl)cccc1OC)[C@@H](C)c1cccnc1. The third-order valence-electron chi connectivity index (χ3n) is 3.92. The highest BCUT2D eigenvalue weighted by Gasteiger charge is 2.22. The van der Waals surface area contributed by atoms with Gasteiger partial charge in [-0.2, -0.15) is 0 Å². The quantitative estimate of drug-likeness (QED) is 0.805. The van der Waals surface area contributed by atoms with E-state index in [2.05, 4.69) is 4.98 Å². The van der Waals surface area contributed by atoms with Crippen LogP contribution in [-0.4, -0.2) is 29.4 Å². The molecule has 23 heavy (non-hydrogen) atoms. The van der Waals surface area contributed by atoms with Crippen LogP contribution in [0.5, 0.6) is 5.75 Å². The highest BCUT2D eigenvalue weighted by molar-refractivity contribution is 6.31. The highest BCUT2D eigenvalue weighted by atomic mass is 35.5. The first-order chi connectivity index (χ1) is 11.1. The molecule has 2 aromatic rings. The molecule has 1 atom stereocenters. The summed E-state index contributed by atoms with van der Waals surface area (Å²) < 4.78 is 5.32. The smallest absolute Gasteiger partial charge is 0.227 e. The molecular formula is C18H21ClN2O2. The summed E-state index contributed by atoms with van der Waals surface area (Å²) in [5, 5.41) is 0.544. The lowest BCUT2D eigenvalue weighted by atomic mass is 10.1. The molecule has 0 saturated heterocycles. The first-order valence-corrected chi connectivity index (χ1v) is 7.97. The zero-order valence-corrected chi connectivity index (χ0v) is 14.4. The Morgan fingerprint density at radius 2 is 2.13 bits per heavy atom. The fraction of sp³-hybridized carbons (Fsp3) is 0.333. The van der Waals surface area contributed by atoms with Gasteiger partial charge in [0.25, 0.3) is 0 Å². The standard InChI is InChI=1S/C18H21ClN2O2/c1-4-21(13(2)14-7-6-10-20-12-14)18(22)11-15-16(19)8-5-9-17(15)23-3/h5-10,12-13H,4,11H2,1-3H3/t13-/m0/s1. The normalized spacial score (nSPS) is 11.8. The Morgan fingerprint density at radius 1 is 1.35 bits per heavy atom. The first-order valence-electron chi connectivity index (χ1n) is 7.59. The van der Waals surface area contributed by atoms with Gasteiger partial charge in [0.1, 0.15) is 5.75 Å². The van der Waals surface area contributed by atoms with Gasteiger partial charge in [-0.1, -0.05) is 23.7 Å². The number of pyridine rings is 1. The van der Waals surface area contributed by atoms with Gasteiger partial charge in [-0.3, -0.25) is 9.78 Å². The van der Waals surface area contributed by atoms with Crippen molar-refractivity contribution in [1.29, 1.82) is 0 Å². The Morgan fingerprint density at radius 3 is 2.74 bits per heavy atom. The van der Waals surface area contributed by atoms with Crippen LogP contribution in [0.3, 0.4) is 0 Å². The minimum absolute atomic E-state index is 0.00949. The van der Waals surface area contributed by atoms with Crippen LogP contribution in [-0.2, 0) is 11.2 Å². The van der Waals surface area contributed by atoms with Gasteiger partial charge < -0.3 is 9.64 Å². The van der Waals surface area contributed by atoms with Gasteiger partial charge in [0.2, 0.25) is 5.91 Å². The number of nitrogens with zero attached hydrogens (tertiary/aromatic N) is 2. The summed E-state index contributed by atoms with van der Waals surface area (Å²) in [7, 11) is 1.58. The number of hydrogen-bond donors (Lipinski definition) is 0. The van der Waals surface area contributed by atoms with E-state index in [4.69, 9.17) is 16.3 Å². The Kier molecular flexibility index (Phi) is 5.99. The zero-order chi connectivity index (χ0) is 16.8. The van der Waals surface area contributed by atoms with E-state index in [1.807, 2.05) is 43.0 Å². The Bertz CT molecular complexity index is 661. The second-order valence-corrected chi connectivity index (χ2v) is 5.65. The van der Waals surface area contributed by atoms with Crippen molar-refractivity contribution in [2.75, 3.05) is 13.7 Å². The van der Waals surface area contributed by atoms with Gasteiger partial charge in [0.05, 0.1) is 19.6 Å². The van der Waals surface area contributed by atoms with Gasteiger partial charge >= 0.3 is 0 Å². The minimum Gasteiger partial charge on any atom is -0.496 e. The number of methoxy groups -OCH3 is 1. The number of aromatic nitrogens is 1. The molecule has 2 rings (SSSR count). The van der Waals surface area contributed by atoms with E-state index in [0.29, 0.717) is 17.3 Å². The average Bonchev–Trinajstić information content (AvgIpc) is 2.58. The van der Waals surface area contributed by atoms with Crippen molar-refractivity contribution in [3.8, 4) is 5.75 Å². The summed E-state index contributed by atoms with van der Waals surface area (Å²) in [6.45, 7) is 4.58. The molecule has 4 nitrogen and oxygen atoms in total. The predicted molar refractivity (Wildman–Crippen MR) is 91.7 cm³/mol. The summed E-state index contributed by atoms with van der Waals surface area (Å²) >= 11 is 6.24. The minimum atomic E-state index is -0.0466. The fourth-order valence-corrected chi connectivity index (χ4v) is 2.86. The molecule has 0 saturated carbocycles. The van der Waals surface area contributed by atoms with Crippen molar-refractivity contribution in [2.24, 2.45) is 0 Å². The van der Waals surface area contributed by atoms with E-state index in [-0.39, 0.29) is 18.4 Å². The topological polar surface area (TPSA) is 42.4 Å². The molecule has 0 aliphatic heterocycles. The van der Waals surface area contributed by atoms with E-state index < -0.39 is 0 Å². The first kappa shape index (κ1) is 17.3. The summed E-state index contributed by atoms with van der Waals surface area (Å²) in [5.74, 6) is 0.645. The van der Waals surface area contributed by atoms with E-state index in [0.717, 1.165) is 11.1 Å². The number of amides is 1. The van der Waals surface area contributed by atoms with Crippen LogP contribution < -0.4 is 4.74 Å². The van der Waals surface area contributed by atoms with Crippen LogP contribution in [0.15, 0.2) is 42.7 Å². The van der Waals surface area contributed by atoms with E-state index in [1.165, 1.54) is 0 Å². The summed E-state index contributed by atoms with van der Waals surface area (Å²) in [5.41, 5.74) is 1.73. The number of halogens is 1. The van der Waals surface area contributed by atoms with Crippen molar-refractivity contribution in [3.05, 3.63) is 58.9 Å². The van der Waals surface area contributed by atoms with Crippen LogP contribution in [0.25, 0.3) is 0 Å². The number of carbonyl (C=O) groups is 1. The number of rotatable bonds is 6. The van der Waals surface area contributed by atoms with Gasteiger partial charge in [-0.15, -0.1) is 0 Å². The van der Waals surface area contributed by atoms with Crippen LogP contribution in [0.4, 0.5) is 0 Å². The summed E-state index contributed by atoms with van der Waals surface area (Å²) in [6, 6.07) is 9.20. The molecule has 1 heterocycles. The monoisotopic (exact) mass is 332 g/mol. The molecule has 122 valence electrons. The molecule has 0 fully saturated rings. The Labute approximate surface area is 142 Å². The average molecular weight is 333 g/mol. The van der Waals surface area contributed by atoms with Crippen LogP contribution in [0.1, 0.15) is 31.0 Å². The third-order valence-corrected chi connectivity index (χ3v) is 4.27. The van der Waals surface area contributed by atoms with Crippen LogP contribution in [0, 0.1) is 0 Å². The molecule has 1 aromatic carbocycles. The van der Waals surface area contributed by atoms with Crippen molar-refractivity contribution < 1.29 is 9.53 Å². The predicted octanol–water partition coefficient (Wildman–Crippen LogP) is 3.90. The molecule has 0 N–H and O–H groups in total. The van der Waals surface area contributed by atoms with Crippen LogP contribution in [0.2, 0.25) is 5.02 Å². The third kappa shape index (κ3) is 4.02. The molecule has 0 radical (unpaired) electrons. The van der Waals surface area contributed by atoms with Crippen molar-refractivity contribution >= 4 is 17.5 Å². The second-order valence-electron chi connectivity index (χ2n) is 5.24. The number of hydrogen-bond acceptors (Lipinski definition) is 3. The molecular weight excluding hydrogens is 312 g/mol.